The Labute approximate surface area is 95.2 Å². The number of amides is 2. The fourth-order valence-electron chi connectivity index (χ4n) is 1.19. The minimum atomic E-state index is -0.536. The Hall–Kier alpha value is -1.91. The van der Waals surface area contributed by atoms with E-state index in [-0.39, 0.29) is 0 Å². The van der Waals surface area contributed by atoms with E-state index >= 15 is 0 Å². The van der Waals surface area contributed by atoms with E-state index in [0.717, 1.165) is 11.4 Å². The van der Waals surface area contributed by atoms with Crippen LogP contribution in [0.25, 0.3) is 0 Å². The van der Waals surface area contributed by atoms with Crippen LogP contribution in [0.2, 0.25) is 0 Å². The average molecular weight is 223 g/mol. The number of ether oxygens (including phenoxy) is 1. The summed E-state index contributed by atoms with van der Waals surface area (Å²) in [5.74, 6) is 0.775. The van der Waals surface area contributed by atoms with E-state index in [2.05, 4.69) is 5.32 Å². The smallest absolute Gasteiger partial charge is 0.312 e. The van der Waals surface area contributed by atoms with Crippen molar-refractivity contribution in [2.45, 2.75) is 0 Å². The van der Waals surface area contributed by atoms with Crippen molar-refractivity contribution in [1.82, 2.24) is 5.32 Å². The molecule has 2 amide bonds. The van der Waals surface area contributed by atoms with Gasteiger partial charge in [0.2, 0.25) is 0 Å². The monoisotopic (exact) mass is 223 g/mol. The van der Waals surface area contributed by atoms with E-state index in [1.807, 2.05) is 43.3 Å². The second kappa shape index (κ2) is 5.85. The van der Waals surface area contributed by atoms with Gasteiger partial charge in [0.1, 0.15) is 12.4 Å². The van der Waals surface area contributed by atoms with Gasteiger partial charge < -0.3 is 20.7 Å². The molecule has 0 fully saturated rings. The number of nitrogens with zero attached hydrogens (tertiary/aromatic N) is 1. The molecule has 1 aromatic rings. The molecule has 0 unspecified atom stereocenters. The predicted octanol–water partition coefficient (Wildman–Crippen LogP) is 0.800. The first-order valence-electron chi connectivity index (χ1n) is 5.03. The third-order valence-corrected chi connectivity index (χ3v) is 2.00. The Kier molecular flexibility index (Phi) is 4.44. The van der Waals surface area contributed by atoms with Gasteiger partial charge in [-0.3, -0.25) is 0 Å². The molecule has 0 radical (unpaired) electrons. The normalized spacial score (nSPS) is 9.62. The molecule has 0 aliphatic carbocycles. The molecule has 0 aliphatic heterocycles. The van der Waals surface area contributed by atoms with Gasteiger partial charge in [-0.2, -0.15) is 0 Å². The molecule has 0 aliphatic rings. The van der Waals surface area contributed by atoms with Crippen molar-refractivity contribution in [2.24, 2.45) is 5.73 Å². The zero-order valence-electron chi connectivity index (χ0n) is 9.56. The van der Waals surface area contributed by atoms with Gasteiger partial charge in [-0.15, -0.1) is 0 Å². The molecule has 88 valence electrons. The highest BCUT2D eigenvalue weighted by atomic mass is 16.5. The number of hydrogen-bond donors (Lipinski definition) is 2. The van der Waals surface area contributed by atoms with Crippen LogP contribution in [-0.2, 0) is 0 Å². The molecular formula is C11H17N3O2. The van der Waals surface area contributed by atoms with Gasteiger partial charge in [0.05, 0.1) is 6.54 Å². The molecule has 0 heterocycles. The average Bonchev–Trinajstić information content (AvgIpc) is 2.24. The van der Waals surface area contributed by atoms with Crippen LogP contribution in [0.1, 0.15) is 0 Å². The van der Waals surface area contributed by atoms with Crippen molar-refractivity contribution >= 4 is 11.7 Å². The number of carbonyl (C=O) groups is 1. The Balaban J connectivity index is 2.42. The standard InChI is InChI=1S/C11H17N3O2/c1-14(2)9-4-3-5-10(8-9)16-7-6-13-11(12)15/h3-5,8H,6-7H2,1-2H3,(H3,12,13,15). The minimum Gasteiger partial charge on any atom is -0.492 e. The summed E-state index contributed by atoms with van der Waals surface area (Å²) in [6.45, 7) is 0.807. The van der Waals surface area contributed by atoms with Crippen LogP contribution in [0.15, 0.2) is 24.3 Å². The molecule has 5 heteroatoms. The van der Waals surface area contributed by atoms with Crippen molar-refractivity contribution in [2.75, 3.05) is 32.1 Å². The highest BCUT2D eigenvalue weighted by Crippen LogP contribution is 2.18. The Morgan fingerprint density at radius 1 is 1.50 bits per heavy atom. The van der Waals surface area contributed by atoms with Gasteiger partial charge in [-0.05, 0) is 12.1 Å². The van der Waals surface area contributed by atoms with Crippen LogP contribution in [0.4, 0.5) is 10.5 Å². The lowest BCUT2D eigenvalue weighted by molar-refractivity contribution is 0.244. The van der Waals surface area contributed by atoms with Crippen LogP contribution >= 0.6 is 0 Å². The number of carbonyl (C=O) groups excluding carboxylic acids is 1. The van der Waals surface area contributed by atoms with E-state index in [0.29, 0.717) is 13.2 Å². The van der Waals surface area contributed by atoms with Gasteiger partial charge in [0.15, 0.2) is 0 Å². The maximum Gasteiger partial charge on any atom is 0.312 e. The molecule has 0 saturated carbocycles. The molecule has 0 saturated heterocycles. The molecule has 0 spiro atoms. The predicted molar refractivity (Wildman–Crippen MR) is 63.9 cm³/mol. The third kappa shape index (κ3) is 4.08. The Morgan fingerprint density at radius 3 is 2.88 bits per heavy atom. The fourth-order valence-corrected chi connectivity index (χ4v) is 1.19. The quantitative estimate of drug-likeness (QED) is 0.725. The second-order valence-corrected chi connectivity index (χ2v) is 3.53. The van der Waals surface area contributed by atoms with Crippen molar-refractivity contribution in [3.8, 4) is 5.75 Å². The van der Waals surface area contributed by atoms with Gasteiger partial charge in [0.25, 0.3) is 0 Å². The Bertz CT molecular complexity index is 353. The van der Waals surface area contributed by atoms with Gasteiger partial charge in [0, 0.05) is 25.8 Å². The molecular weight excluding hydrogens is 206 g/mol. The summed E-state index contributed by atoms with van der Waals surface area (Å²) in [5, 5.41) is 2.46. The highest BCUT2D eigenvalue weighted by molar-refractivity contribution is 5.71. The fraction of sp³-hybridized carbons (Fsp3) is 0.364. The maximum atomic E-state index is 10.4. The summed E-state index contributed by atoms with van der Waals surface area (Å²) in [6, 6.07) is 7.19. The van der Waals surface area contributed by atoms with Crippen LogP contribution in [-0.4, -0.2) is 33.3 Å². The largest absolute Gasteiger partial charge is 0.492 e. The topological polar surface area (TPSA) is 67.6 Å². The van der Waals surface area contributed by atoms with Crippen molar-refractivity contribution in [3.63, 3.8) is 0 Å². The molecule has 3 N–H and O–H groups in total. The van der Waals surface area contributed by atoms with Crippen molar-refractivity contribution in [3.05, 3.63) is 24.3 Å². The zero-order chi connectivity index (χ0) is 12.0. The molecule has 1 rings (SSSR count). The number of urea groups is 1. The summed E-state index contributed by atoms with van der Waals surface area (Å²) < 4.78 is 5.45. The lowest BCUT2D eigenvalue weighted by Gasteiger charge is -2.14. The SMILES string of the molecule is CN(C)c1cccc(OCCNC(N)=O)c1. The van der Waals surface area contributed by atoms with Crippen LogP contribution in [0.5, 0.6) is 5.75 Å². The number of hydrogen-bond acceptors (Lipinski definition) is 3. The molecule has 0 bridgehead atoms. The van der Waals surface area contributed by atoms with E-state index in [9.17, 15) is 4.79 Å². The number of anilines is 1. The van der Waals surface area contributed by atoms with Gasteiger partial charge in [-0.1, -0.05) is 6.07 Å². The summed E-state index contributed by atoms with van der Waals surface area (Å²) in [5.41, 5.74) is 5.99. The molecule has 0 aromatic heterocycles. The van der Waals surface area contributed by atoms with Crippen LogP contribution in [0.3, 0.4) is 0 Å². The lowest BCUT2D eigenvalue weighted by atomic mass is 10.3. The molecule has 5 nitrogen and oxygen atoms in total. The highest BCUT2D eigenvalue weighted by Gasteiger charge is 1.98. The van der Waals surface area contributed by atoms with Crippen LogP contribution < -0.4 is 20.7 Å². The van der Waals surface area contributed by atoms with E-state index in [4.69, 9.17) is 10.5 Å². The number of benzene rings is 1. The number of rotatable bonds is 5. The third-order valence-electron chi connectivity index (χ3n) is 2.00. The van der Waals surface area contributed by atoms with Gasteiger partial charge >= 0.3 is 6.03 Å². The van der Waals surface area contributed by atoms with Crippen molar-refractivity contribution in [1.29, 1.82) is 0 Å². The maximum absolute atomic E-state index is 10.4. The summed E-state index contributed by atoms with van der Waals surface area (Å²) >= 11 is 0. The molecule has 16 heavy (non-hydrogen) atoms. The first-order valence-corrected chi connectivity index (χ1v) is 5.03. The first kappa shape index (κ1) is 12.2. The molecule has 1 aromatic carbocycles. The van der Waals surface area contributed by atoms with Gasteiger partial charge in [-0.25, -0.2) is 4.79 Å². The van der Waals surface area contributed by atoms with Crippen LogP contribution in [0, 0.1) is 0 Å². The van der Waals surface area contributed by atoms with Crippen molar-refractivity contribution < 1.29 is 9.53 Å². The summed E-state index contributed by atoms with van der Waals surface area (Å²) in [7, 11) is 3.93. The van der Waals surface area contributed by atoms with E-state index in [1.54, 1.807) is 0 Å². The number of nitrogens with two attached hydrogens (primary N) is 1. The first-order chi connectivity index (χ1) is 7.59. The number of nitrogens with one attached hydrogen (secondary N) is 1. The zero-order valence-corrected chi connectivity index (χ0v) is 9.56. The Morgan fingerprint density at radius 2 is 2.25 bits per heavy atom. The van der Waals surface area contributed by atoms with E-state index in [1.165, 1.54) is 0 Å². The minimum absolute atomic E-state index is 0.403. The summed E-state index contributed by atoms with van der Waals surface area (Å²) in [4.78, 5) is 12.4. The second-order valence-electron chi connectivity index (χ2n) is 3.53. The summed E-state index contributed by atoms with van der Waals surface area (Å²) in [6.07, 6.45) is 0. The lowest BCUT2D eigenvalue weighted by Crippen LogP contribution is -2.32. The van der Waals surface area contributed by atoms with E-state index < -0.39 is 6.03 Å². The number of primary amides is 1. The molecule has 0 atom stereocenters.